The lowest BCUT2D eigenvalue weighted by atomic mass is 10.1. The molecule has 0 saturated carbocycles. The molecule has 0 aliphatic heterocycles. The summed E-state index contributed by atoms with van der Waals surface area (Å²) in [5.74, 6) is 0.870. The SMILES string of the molecule is c1coc(CNc2nnc(-c3ccc4cnccc4c3)s2)c1. The lowest BCUT2D eigenvalue weighted by Crippen LogP contribution is -1.96. The second-order valence-electron chi connectivity index (χ2n) is 4.78. The van der Waals surface area contributed by atoms with E-state index in [0.29, 0.717) is 6.54 Å². The zero-order valence-electron chi connectivity index (χ0n) is 11.6. The van der Waals surface area contributed by atoms with Crippen molar-refractivity contribution in [1.82, 2.24) is 15.2 Å². The summed E-state index contributed by atoms with van der Waals surface area (Å²) in [5, 5.41) is 15.6. The molecule has 0 spiro atoms. The summed E-state index contributed by atoms with van der Waals surface area (Å²) in [5.41, 5.74) is 1.06. The minimum absolute atomic E-state index is 0.602. The second-order valence-corrected chi connectivity index (χ2v) is 5.76. The number of hydrogen-bond acceptors (Lipinski definition) is 6. The van der Waals surface area contributed by atoms with Crippen molar-refractivity contribution in [3.05, 3.63) is 60.8 Å². The van der Waals surface area contributed by atoms with Gasteiger partial charge in [-0.1, -0.05) is 23.5 Å². The van der Waals surface area contributed by atoms with Gasteiger partial charge in [-0.3, -0.25) is 4.98 Å². The monoisotopic (exact) mass is 308 g/mol. The van der Waals surface area contributed by atoms with Gasteiger partial charge in [0.1, 0.15) is 10.8 Å². The van der Waals surface area contributed by atoms with E-state index in [0.717, 1.165) is 32.2 Å². The Morgan fingerprint density at radius 1 is 1.09 bits per heavy atom. The highest BCUT2D eigenvalue weighted by Gasteiger charge is 2.07. The van der Waals surface area contributed by atoms with Crippen LogP contribution in [-0.2, 0) is 6.54 Å². The highest BCUT2D eigenvalue weighted by Crippen LogP contribution is 2.28. The molecule has 108 valence electrons. The Morgan fingerprint density at radius 3 is 3.00 bits per heavy atom. The highest BCUT2D eigenvalue weighted by molar-refractivity contribution is 7.18. The molecule has 3 aromatic heterocycles. The Hall–Kier alpha value is -2.73. The largest absolute Gasteiger partial charge is 0.467 e. The van der Waals surface area contributed by atoms with E-state index < -0.39 is 0 Å². The van der Waals surface area contributed by atoms with E-state index in [9.17, 15) is 0 Å². The summed E-state index contributed by atoms with van der Waals surface area (Å²) in [6, 6.07) is 12.0. The van der Waals surface area contributed by atoms with Gasteiger partial charge in [-0.05, 0) is 29.7 Å². The molecule has 0 unspecified atom stereocenters. The molecule has 0 aliphatic rings. The van der Waals surface area contributed by atoms with Crippen LogP contribution in [0.2, 0.25) is 0 Å². The van der Waals surface area contributed by atoms with Crippen molar-refractivity contribution in [2.45, 2.75) is 6.54 Å². The third kappa shape index (κ3) is 2.56. The summed E-state index contributed by atoms with van der Waals surface area (Å²) in [4.78, 5) is 4.12. The molecular formula is C16H12N4OS. The van der Waals surface area contributed by atoms with Gasteiger partial charge in [0.2, 0.25) is 5.13 Å². The van der Waals surface area contributed by atoms with Crippen LogP contribution < -0.4 is 5.32 Å². The molecule has 22 heavy (non-hydrogen) atoms. The summed E-state index contributed by atoms with van der Waals surface area (Å²) >= 11 is 1.53. The number of rotatable bonds is 4. The van der Waals surface area contributed by atoms with Gasteiger partial charge >= 0.3 is 0 Å². The van der Waals surface area contributed by atoms with E-state index in [2.05, 4.69) is 32.6 Å². The van der Waals surface area contributed by atoms with Crippen molar-refractivity contribution in [3.8, 4) is 10.6 Å². The minimum Gasteiger partial charge on any atom is -0.467 e. The lowest BCUT2D eigenvalue weighted by molar-refractivity contribution is 0.518. The van der Waals surface area contributed by atoms with Crippen LogP contribution in [0, 0.1) is 0 Å². The van der Waals surface area contributed by atoms with Crippen molar-refractivity contribution in [3.63, 3.8) is 0 Å². The van der Waals surface area contributed by atoms with Gasteiger partial charge in [-0.15, -0.1) is 10.2 Å². The highest BCUT2D eigenvalue weighted by atomic mass is 32.1. The third-order valence-corrected chi connectivity index (χ3v) is 4.24. The molecule has 0 bridgehead atoms. The second kappa shape index (κ2) is 5.57. The molecule has 1 N–H and O–H groups in total. The maximum absolute atomic E-state index is 5.28. The van der Waals surface area contributed by atoms with Gasteiger partial charge in [-0.25, -0.2) is 0 Å². The standard InChI is InChI=1S/C16H12N4OS/c1-2-14(21-7-1)10-18-16-20-19-15(22-16)12-3-4-13-9-17-6-5-11(13)8-12/h1-9H,10H2,(H,18,20). The first-order chi connectivity index (χ1) is 10.9. The summed E-state index contributed by atoms with van der Waals surface area (Å²) in [6.07, 6.45) is 5.31. The summed E-state index contributed by atoms with van der Waals surface area (Å²) < 4.78 is 5.28. The van der Waals surface area contributed by atoms with Crippen molar-refractivity contribution >= 4 is 27.2 Å². The number of nitrogens with zero attached hydrogens (tertiary/aromatic N) is 3. The van der Waals surface area contributed by atoms with Crippen molar-refractivity contribution < 1.29 is 4.42 Å². The van der Waals surface area contributed by atoms with Crippen LogP contribution in [0.5, 0.6) is 0 Å². The first-order valence-corrected chi connectivity index (χ1v) is 7.64. The maximum Gasteiger partial charge on any atom is 0.206 e. The zero-order chi connectivity index (χ0) is 14.8. The van der Waals surface area contributed by atoms with Crippen LogP contribution >= 0.6 is 11.3 Å². The fraction of sp³-hybridized carbons (Fsp3) is 0.0625. The number of benzene rings is 1. The molecule has 6 heteroatoms. The summed E-state index contributed by atoms with van der Waals surface area (Å²) in [7, 11) is 0. The molecule has 1 aromatic carbocycles. The number of hydrogen-bond donors (Lipinski definition) is 1. The Morgan fingerprint density at radius 2 is 2.09 bits per heavy atom. The molecule has 0 saturated heterocycles. The number of furan rings is 1. The molecule has 0 aliphatic carbocycles. The normalized spacial score (nSPS) is 10.9. The smallest absolute Gasteiger partial charge is 0.206 e. The van der Waals surface area contributed by atoms with E-state index in [1.165, 1.54) is 11.3 Å². The molecule has 4 rings (SSSR count). The minimum atomic E-state index is 0.602. The molecule has 4 aromatic rings. The molecule has 5 nitrogen and oxygen atoms in total. The van der Waals surface area contributed by atoms with Crippen LogP contribution in [0.3, 0.4) is 0 Å². The van der Waals surface area contributed by atoms with Gasteiger partial charge in [-0.2, -0.15) is 0 Å². The van der Waals surface area contributed by atoms with E-state index in [4.69, 9.17) is 4.42 Å². The Labute approximate surface area is 130 Å². The van der Waals surface area contributed by atoms with Crippen molar-refractivity contribution in [2.24, 2.45) is 0 Å². The van der Waals surface area contributed by atoms with Crippen LogP contribution in [0.15, 0.2) is 59.5 Å². The first kappa shape index (κ1) is 13.0. The average molecular weight is 308 g/mol. The lowest BCUT2D eigenvalue weighted by Gasteiger charge is -1.99. The van der Waals surface area contributed by atoms with E-state index in [-0.39, 0.29) is 0 Å². The van der Waals surface area contributed by atoms with E-state index in [1.807, 2.05) is 30.5 Å². The van der Waals surface area contributed by atoms with Crippen LogP contribution in [-0.4, -0.2) is 15.2 Å². The molecular weight excluding hydrogens is 296 g/mol. The van der Waals surface area contributed by atoms with Crippen molar-refractivity contribution in [2.75, 3.05) is 5.32 Å². The van der Waals surface area contributed by atoms with Crippen LogP contribution in [0.1, 0.15) is 5.76 Å². The Balaban J connectivity index is 1.56. The predicted molar refractivity (Wildman–Crippen MR) is 86.7 cm³/mol. The quantitative estimate of drug-likeness (QED) is 0.618. The molecule has 0 atom stereocenters. The number of nitrogens with one attached hydrogen (secondary N) is 1. The molecule has 0 fully saturated rings. The fourth-order valence-corrected chi connectivity index (χ4v) is 2.94. The van der Waals surface area contributed by atoms with Crippen molar-refractivity contribution in [1.29, 1.82) is 0 Å². The molecule has 0 amide bonds. The van der Waals surface area contributed by atoms with Gasteiger partial charge in [0, 0.05) is 23.3 Å². The fourth-order valence-electron chi connectivity index (χ4n) is 2.20. The topological polar surface area (TPSA) is 63.8 Å². The first-order valence-electron chi connectivity index (χ1n) is 6.82. The van der Waals surface area contributed by atoms with Crippen LogP contribution in [0.4, 0.5) is 5.13 Å². The summed E-state index contributed by atoms with van der Waals surface area (Å²) in [6.45, 7) is 0.602. The molecule has 3 heterocycles. The van der Waals surface area contributed by atoms with Gasteiger partial charge in [0.25, 0.3) is 0 Å². The number of anilines is 1. The maximum atomic E-state index is 5.28. The van der Waals surface area contributed by atoms with Gasteiger partial charge in [0.15, 0.2) is 0 Å². The number of fused-ring (bicyclic) bond motifs is 1. The third-order valence-electron chi connectivity index (χ3n) is 3.31. The Bertz CT molecular complexity index is 901. The number of aromatic nitrogens is 3. The van der Waals surface area contributed by atoms with E-state index >= 15 is 0 Å². The van der Waals surface area contributed by atoms with Gasteiger partial charge < -0.3 is 9.73 Å². The van der Waals surface area contributed by atoms with Crippen LogP contribution in [0.25, 0.3) is 21.3 Å². The zero-order valence-corrected chi connectivity index (χ0v) is 12.4. The molecule has 0 radical (unpaired) electrons. The predicted octanol–water partition coefficient (Wildman–Crippen LogP) is 3.96. The van der Waals surface area contributed by atoms with E-state index in [1.54, 1.807) is 12.5 Å². The number of pyridine rings is 1. The Kier molecular flexibility index (Phi) is 3.29. The average Bonchev–Trinajstić information content (AvgIpc) is 3.24. The van der Waals surface area contributed by atoms with Gasteiger partial charge in [0.05, 0.1) is 12.8 Å².